The number of likely N-dealkylation sites (N-methyl/N-ethyl adjacent to an activating group) is 1. The van der Waals surface area contributed by atoms with Crippen molar-refractivity contribution in [2.24, 2.45) is 7.05 Å². The number of imidazole rings is 1. The van der Waals surface area contributed by atoms with Gasteiger partial charge in [-0.15, -0.1) is 0 Å². The van der Waals surface area contributed by atoms with Gasteiger partial charge in [-0.25, -0.2) is 9.97 Å². The number of aryl methyl sites for hydroxylation is 1. The van der Waals surface area contributed by atoms with Crippen LogP contribution in [0, 0.1) is 0 Å². The molecule has 2 aromatic heterocycles. The molecular formula is C16H25N5. The third-order valence-electron chi connectivity index (χ3n) is 4.55. The number of hydrogen-bond acceptors (Lipinski definition) is 4. The summed E-state index contributed by atoms with van der Waals surface area (Å²) in [6, 6.07) is 3.01. The lowest BCUT2D eigenvalue weighted by Gasteiger charge is -2.40. The lowest BCUT2D eigenvalue weighted by atomic mass is 9.96. The molecule has 21 heavy (non-hydrogen) atoms. The summed E-state index contributed by atoms with van der Waals surface area (Å²) in [6.45, 7) is 6.53. The zero-order valence-electron chi connectivity index (χ0n) is 13.2. The Labute approximate surface area is 126 Å². The number of piperidine rings is 1. The molecule has 0 aromatic carbocycles. The molecule has 5 heteroatoms. The Kier molecular flexibility index (Phi) is 4.10. The average molecular weight is 287 g/mol. The van der Waals surface area contributed by atoms with Crippen LogP contribution in [0.5, 0.6) is 0 Å². The normalized spacial score (nSPS) is 20.9. The Bertz CT molecular complexity index is 606. The van der Waals surface area contributed by atoms with Gasteiger partial charge in [0.15, 0.2) is 5.82 Å². The maximum Gasteiger partial charge on any atom is 0.157 e. The molecule has 0 bridgehead atoms. The second kappa shape index (κ2) is 6.02. The van der Waals surface area contributed by atoms with E-state index in [1.165, 1.54) is 19.3 Å². The molecule has 3 rings (SSSR count). The monoisotopic (exact) mass is 287 g/mol. The second-order valence-corrected chi connectivity index (χ2v) is 5.96. The number of fused-ring (bicyclic) bond motifs is 1. The molecule has 114 valence electrons. The largest absolute Gasteiger partial charge is 0.350 e. The number of aromatic nitrogens is 3. The number of pyridine rings is 1. The van der Waals surface area contributed by atoms with Crippen molar-refractivity contribution in [3.05, 3.63) is 18.6 Å². The Morgan fingerprint density at radius 2 is 2.24 bits per heavy atom. The van der Waals surface area contributed by atoms with E-state index in [0.717, 1.165) is 29.9 Å². The minimum atomic E-state index is 0.469. The summed E-state index contributed by atoms with van der Waals surface area (Å²) in [6.07, 6.45) is 7.54. The Hall–Kier alpha value is -1.62. The Balaban J connectivity index is 1.98. The zero-order valence-corrected chi connectivity index (χ0v) is 13.2. The van der Waals surface area contributed by atoms with Crippen molar-refractivity contribution in [3.8, 4) is 0 Å². The van der Waals surface area contributed by atoms with Crippen LogP contribution >= 0.6 is 0 Å². The molecule has 0 radical (unpaired) electrons. The fourth-order valence-electron chi connectivity index (χ4n) is 3.46. The van der Waals surface area contributed by atoms with Gasteiger partial charge >= 0.3 is 0 Å². The van der Waals surface area contributed by atoms with E-state index >= 15 is 0 Å². The third kappa shape index (κ3) is 2.62. The molecule has 1 fully saturated rings. The molecule has 1 N–H and O–H groups in total. The van der Waals surface area contributed by atoms with Crippen molar-refractivity contribution >= 4 is 16.9 Å². The maximum atomic E-state index is 4.66. The first kappa shape index (κ1) is 14.3. The van der Waals surface area contributed by atoms with Crippen LogP contribution in [-0.4, -0.2) is 39.7 Å². The van der Waals surface area contributed by atoms with Gasteiger partial charge in [-0.1, -0.05) is 6.92 Å². The van der Waals surface area contributed by atoms with Crippen molar-refractivity contribution < 1.29 is 0 Å². The number of hydrogen-bond donors (Lipinski definition) is 1. The zero-order chi connectivity index (χ0) is 14.8. The van der Waals surface area contributed by atoms with Gasteiger partial charge in [-0.05, 0) is 38.8 Å². The SMILES string of the molecule is CCNC(C)C1CCCCN1c1nccc2c1ncn2C. The van der Waals surface area contributed by atoms with Gasteiger partial charge in [-0.3, -0.25) is 0 Å². The van der Waals surface area contributed by atoms with Crippen molar-refractivity contribution in [2.45, 2.75) is 45.2 Å². The topological polar surface area (TPSA) is 46.0 Å². The van der Waals surface area contributed by atoms with Crippen LogP contribution in [0.3, 0.4) is 0 Å². The van der Waals surface area contributed by atoms with Gasteiger partial charge in [0.1, 0.15) is 5.52 Å². The van der Waals surface area contributed by atoms with Crippen molar-refractivity contribution in [1.29, 1.82) is 0 Å². The summed E-state index contributed by atoms with van der Waals surface area (Å²) < 4.78 is 2.06. The quantitative estimate of drug-likeness (QED) is 0.937. The van der Waals surface area contributed by atoms with Crippen LogP contribution in [0.25, 0.3) is 11.0 Å². The van der Waals surface area contributed by atoms with E-state index in [4.69, 9.17) is 0 Å². The summed E-state index contributed by atoms with van der Waals surface area (Å²) in [4.78, 5) is 11.7. The fraction of sp³-hybridized carbons (Fsp3) is 0.625. The summed E-state index contributed by atoms with van der Waals surface area (Å²) in [5.74, 6) is 1.04. The predicted molar refractivity (Wildman–Crippen MR) is 86.6 cm³/mol. The van der Waals surface area contributed by atoms with Gasteiger partial charge in [0.2, 0.25) is 0 Å². The number of nitrogens with one attached hydrogen (secondary N) is 1. The molecule has 1 aliphatic rings. The molecule has 0 spiro atoms. The van der Waals surface area contributed by atoms with Crippen LogP contribution in [0.15, 0.2) is 18.6 Å². The van der Waals surface area contributed by atoms with Gasteiger partial charge in [0.25, 0.3) is 0 Å². The molecule has 0 aliphatic carbocycles. The number of anilines is 1. The smallest absolute Gasteiger partial charge is 0.157 e. The van der Waals surface area contributed by atoms with Crippen molar-refractivity contribution in [2.75, 3.05) is 18.0 Å². The highest BCUT2D eigenvalue weighted by Crippen LogP contribution is 2.29. The van der Waals surface area contributed by atoms with Crippen LogP contribution in [0.2, 0.25) is 0 Å². The van der Waals surface area contributed by atoms with Crippen molar-refractivity contribution in [3.63, 3.8) is 0 Å². The Morgan fingerprint density at radius 3 is 3.05 bits per heavy atom. The molecular weight excluding hydrogens is 262 g/mol. The van der Waals surface area contributed by atoms with Crippen LogP contribution < -0.4 is 10.2 Å². The van der Waals surface area contributed by atoms with Gasteiger partial charge in [0, 0.05) is 31.9 Å². The molecule has 1 aliphatic heterocycles. The van der Waals surface area contributed by atoms with Crippen LogP contribution in [0.1, 0.15) is 33.1 Å². The lowest BCUT2D eigenvalue weighted by molar-refractivity contribution is 0.371. The van der Waals surface area contributed by atoms with E-state index in [0.29, 0.717) is 12.1 Å². The standard InChI is InChI=1S/C16H25N5/c1-4-17-12(2)13-7-5-6-10-21(13)16-15-14(8-9-18-16)20(3)11-19-15/h8-9,11-13,17H,4-7,10H2,1-3H3. The molecule has 0 amide bonds. The minimum absolute atomic E-state index is 0.469. The first-order valence-electron chi connectivity index (χ1n) is 7.98. The van der Waals surface area contributed by atoms with E-state index in [2.05, 4.69) is 38.6 Å². The van der Waals surface area contributed by atoms with Gasteiger partial charge < -0.3 is 14.8 Å². The lowest BCUT2D eigenvalue weighted by Crippen LogP contribution is -2.51. The fourth-order valence-corrected chi connectivity index (χ4v) is 3.46. The van der Waals surface area contributed by atoms with Crippen LogP contribution in [-0.2, 0) is 7.05 Å². The average Bonchev–Trinajstić information content (AvgIpc) is 2.89. The minimum Gasteiger partial charge on any atom is -0.350 e. The first-order valence-corrected chi connectivity index (χ1v) is 7.98. The highest BCUT2D eigenvalue weighted by molar-refractivity contribution is 5.86. The third-order valence-corrected chi connectivity index (χ3v) is 4.55. The maximum absolute atomic E-state index is 4.66. The number of nitrogens with zero attached hydrogens (tertiary/aromatic N) is 4. The highest BCUT2D eigenvalue weighted by atomic mass is 15.3. The molecule has 3 heterocycles. The molecule has 5 nitrogen and oxygen atoms in total. The van der Waals surface area contributed by atoms with Gasteiger partial charge in [-0.2, -0.15) is 0 Å². The highest BCUT2D eigenvalue weighted by Gasteiger charge is 2.29. The summed E-state index contributed by atoms with van der Waals surface area (Å²) in [5.41, 5.74) is 2.18. The van der Waals surface area contributed by atoms with E-state index in [-0.39, 0.29) is 0 Å². The van der Waals surface area contributed by atoms with E-state index in [1.54, 1.807) is 0 Å². The second-order valence-electron chi connectivity index (χ2n) is 5.96. The first-order chi connectivity index (χ1) is 10.2. The molecule has 0 saturated carbocycles. The molecule has 1 saturated heterocycles. The van der Waals surface area contributed by atoms with E-state index in [1.807, 2.05) is 25.6 Å². The number of rotatable bonds is 4. The summed E-state index contributed by atoms with van der Waals surface area (Å²) in [7, 11) is 2.04. The molecule has 2 aromatic rings. The van der Waals surface area contributed by atoms with Crippen LogP contribution in [0.4, 0.5) is 5.82 Å². The molecule has 2 atom stereocenters. The molecule has 2 unspecified atom stereocenters. The summed E-state index contributed by atoms with van der Waals surface area (Å²) >= 11 is 0. The van der Waals surface area contributed by atoms with E-state index < -0.39 is 0 Å². The predicted octanol–water partition coefficient (Wildman–Crippen LogP) is 2.33. The van der Waals surface area contributed by atoms with Gasteiger partial charge in [0.05, 0.1) is 11.8 Å². The Morgan fingerprint density at radius 1 is 1.38 bits per heavy atom. The van der Waals surface area contributed by atoms with E-state index in [9.17, 15) is 0 Å². The summed E-state index contributed by atoms with van der Waals surface area (Å²) in [5, 5.41) is 3.57. The van der Waals surface area contributed by atoms with Crippen molar-refractivity contribution in [1.82, 2.24) is 19.9 Å².